The summed E-state index contributed by atoms with van der Waals surface area (Å²) in [4.78, 5) is 16.8. The van der Waals surface area contributed by atoms with Gasteiger partial charge in [-0.1, -0.05) is 6.07 Å². The summed E-state index contributed by atoms with van der Waals surface area (Å²) in [6, 6.07) is 5.74. The third kappa shape index (κ3) is 4.75. The molecule has 0 aliphatic carbocycles. The van der Waals surface area contributed by atoms with Crippen LogP contribution >= 0.6 is 0 Å². The van der Waals surface area contributed by atoms with E-state index in [0.29, 0.717) is 6.54 Å². The summed E-state index contributed by atoms with van der Waals surface area (Å²) in [5, 5.41) is 5.97. The summed E-state index contributed by atoms with van der Waals surface area (Å²) in [6.45, 7) is 2.07. The molecule has 88 valence electrons. The van der Waals surface area contributed by atoms with E-state index in [1.807, 2.05) is 18.2 Å². The smallest absolute Gasteiger partial charge is 0.316 e. The van der Waals surface area contributed by atoms with Crippen LogP contribution in [0.2, 0.25) is 0 Å². The molecule has 0 radical (unpaired) electrons. The Morgan fingerprint density at radius 3 is 2.81 bits per heavy atom. The van der Waals surface area contributed by atoms with Crippen LogP contribution in [0.5, 0.6) is 0 Å². The molecular weight excluding hydrogens is 204 g/mol. The third-order valence-corrected chi connectivity index (χ3v) is 2.02. The quantitative estimate of drug-likeness (QED) is 0.711. The van der Waals surface area contributed by atoms with E-state index >= 15 is 0 Å². The summed E-state index contributed by atoms with van der Waals surface area (Å²) in [5.74, 6) is 0. The summed E-state index contributed by atoms with van der Waals surface area (Å²) < 4.78 is 0. The molecule has 0 aromatic carbocycles. The Kier molecular flexibility index (Phi) is 5.28. The van der Waals surface area contributed by atoms with E-state index in [4.69, 9.17) is 0 Å². The van der Waals surface area contributed by atoms with Gasteiger partial charge in [-0.25, -0.2) is 4.79 Å². The van der Waals surface area contributed by atoms with Crippen LogP contribution in [-0.4, -0.2) is 43.1 Å². The van der Waals surface area contributed by atoms with E-state index in [2.05, 4.69) is 15.6 Å². The van der Waals surface area contributed by atoms with E-state index < -0.39 is 0 Å². The highest BCUT2D eigenvalue weighted by Gasteiger charge is 2.00. The molecule has 0 bridgehead atoms. The first-order chi connectivity index (χ1) is 7.70. The van der Waals surface area contributed by atoms with Gasteiger partial charge in [0, 0.05) is 39.9 Å². The van der Waals surface area contributed by atoms with E-state index in [1.165, 1.54) is 4.90 Å². The van der Waals surface area contributed by atoms with Gasteiger partial charge >= 0.3 is 6.03 Å². The Labute approximate surface area is 95.9 Å². The Balaban J connectivity index is 2.07. The van der Waals surface area contributed by atoms with Crippen molar-refractivity contribution in [2.45, 2.75) is 6.54 Å². The second kappa shape index (κ2) is 6.79. The molecule has 0 fully saturated rings. The largest absolute Gasteiger partial charge is 0.337 e. The zero-order valence-corrected chi connectivity index (χ0v) is 9.73. The zero-order chi connectivity index (χ0) is 11.8. The van der Waals surface area contributed by atoms with E-state index in [1.54, 1.807) is 20.3 Å². The van der Waals surface area contributed by atoms with Gasteiger partial charge in [0.05, 0.1) is 5.69 Å². The van der Waals surface area contributed by atoms with Crippen LogP contribution in [0.15, 0.2) is 24.4 Å². The van der Waals surface area contributed by atoms with E-state index in [9.17, 15) is 4.79 Å². The maximum absolute atomic E-state index is 11.2. The number of rotatable bonds is 5. The Bertz CT molecular complexity index is 313. The zero-order valence-electron chi connectivity index (χ0n) is 9.73. The maximum atomic E-state index is 11.2. The van der Waals surface area contributed by atoms with Gasteiger partial charge in [0.1, 0.15) is 0 Å². The van der Waals surface area contributed by atoms with Crippen LogP contribution < -0.4 is 10.6 Å². The van der Waals surface area contributed by atoms with Crippen molar-refractivity contribution in [1.29, 1.82) is 0 Å². The molecule has 5 heteroatoms. The van der Waals surface area contributed by atoms with Gasteiger partial charge in [0.15, 0.2) is 0 Å². The highest BCUT2D eigenvalue weighted by atomic mass is 16.2. The third-order valence-electron chi connectivity index (χ3n) is 2.02. The number of nitrogens with zero attached hydrogens (tertiary/aromatic N) is 2. The highest BCUT2D eigenvalue weighted by Crippen LogP contribution is 1.90. The molecule has 1 aromatic heterocycles. The molecule has 0 unspecified atom stereocenters. The predicted molar refractivity (Wildman–Crippen MR) is 63.0 cm³/mol. The topological polar surface area (TPSA) is 57.3 Å². The number of hydrogen-bond acceptors (Lipinski definition) is 3. The Hall–Kier alpha value is -1.62. The van der Waals surface area contributed by atoms with Gasteiger partial charge in [-0.3, -0.25) is 4.98 Å². The van der Waals surface area contributed by atoms with Gasteiger partial charge in [-0.05, 0) is 12.1 Å². The van der Waals surface area contributed by atoms with Crippen molar-refractivity contribution in [2.24, 2.45) is 0 Å². The van der Waals surface area contributed by atoms with Crippen LogP contribution in [0.4, 0.5) is 4.79 Å². The summed E-state index contributed by atoms with van der Waals surface area (Å²) >= 11 is 0. The summed E-state index contributed by atoms with van der Waals surface area (Å²) in [6.07, 6.45) is 1.77. The average Bonchev–Trinajstić information content (AvgIpc) is 2.29. The number of carbonyl (C=O) groups is 1. The molecule has 5 nitrogen and oxygen atoms in total. The molecule has 16 heavy (non-hydrogen) atoms. The van der Waals surface area contributed by atoms with Crippen LogP contribution in [0.1, 0.15) is 5.69 Å². The first kappa shape index (κ1) is 12.4. The minimum Gasteiger partial charge on any atom is -0.337 e. The van der Waals surface area contributed by atoms with Crippen LogP contribution in [0.25, 0.3) is 0 Å². The van der Waals surface area contributed by atoms with Crippen molar-refractivity contribution in [3.8, 4) is 0 Å². The second-order valence-electron chi connectivity index (χ2n) is 3.62. The lowest BCUT2D eigenvalue weighted by Crippen LogP contribution is -2.38. The molecule has 1 aromatic rings. The fraction of sp³-hybridized carbons (Fsp3) is 0.455. The van der Waals surface area contributed by atoms with E-state index in [-0.39, 0.29) is 6.03 Å². The molecular formula is C11H18N4O. The molecule has 2 amide bonds. The van der Waals surface area contributed by atoms with Crippen LogP contribution in [-0.2, 0) is 6.54 Å². The van der Waals surface area contributed by atoms with Gasteiger partial charge in [-0.2, -0.15) is 0 Å². The standard InChI is InChI=1S/C11H18N4O/c1-15(2)11(16)14-8-7-12-9-10-5-3-4-6-13-10/h3-6,12H,7-9H2,1-2H3,(H,14,16). The van der Waals surface area contributed by atoms with Gasteiger partial charge < -0.3 is 15.5 Å². The normalized spacial score (nSPS) is 9.88. The number of urea groups is 1. The van der Waals surface area contributed by atoms with Crippen LogP contribution in [0.3, 0.4) is 0 Å². The van der Waals surface area contributed by atoms with E-state index in [0.717, 1.165) is 18.8 Å². The van der Waals surface area contributed by atoms with Crippen molar-refractivity contribution in [1.82, 2.24) is 20.5 Å². The highest BCUT2D eigenvalue weighted by molar-refractivity contribution is 5.73. The number of amides is 2. The molecule has 0 aliphatic heterocycles. The molecule has 0 atom stereocenters. The molecule has 1 heterocycles. The average molecular weight is 222 g/mol. The molecule has 0 aliphatic rings. The van der Waals surface area contributed by atoms with Gasteiger partial charge in [-0.15, -0.1) is 0 Å². The number of hydrogen-bond donors (Lipinski definition) is 2. The number of carbonyl (C=O) groups excluding carboxylic acids is 1. The fourth-order valence-corrected chi connectivity index (χ4v) is 1.14. The van der Waals surface area contributed by atoms with Gasteiger partial charge in [0.25, 0.3) is 0 Å². The molecule has 2 N–H and O–H groups in total. The lowest BCUT2D eigenvalue weighted by atomic mass is 10.3. The first-order valence-electron chi connectivity index (χ1n) is 5.26. The SMILES string of the molecule is CN(C)C(=O)NCCNCc1ccccn1. The summed E-state index contributed by atoms with van der Waals surface area (Å²) in [5.41, 5.74) is 1.00. The predicted octanol–water partition coefficient (Wildman–Crippen LogP) is 0.442. The van der Waals surface area contributed by atoms with Crippen molar-refractivity contribution < 1.29 is 4.79 Å². The van der Waals surface area contributed by atoms with Crippen molar-refractivity contribution in [3.05, 3.63) is 30.1 Å². The minimum atomic E-state index is -0.0698. The number of pyridine rings is 1. The molecule has 0 saturated carbocycles. The Morgan fingerprint density at radius 2 is 2.19 bits per heavy atom. The second-order valence-corrected chi connectivity index (χ2v) is 3.62. The number of aromatic nitrogens is 1. The number of nitrogens with one attached hydrogen (secondary N) is 2. The van der Waals surface area contributed by atoms with Gasteiger partial charge in [0.2, 0.25) is 0 Å². The van der Waals surface area contributed by atoms with Crippen LogP contribution in [0, 0.1) is 0 Å². The summed E-state index contributed by atoms with van der Waals surface area (Å²) in [7, 11) is 3.44. The molecule has 0 spiro atoms. The molecule has 0 saturated heterocycles. The maximum Gasteiger partial charge on any atom is 0.316 e. The lowest BCUT2D eigenvalue weighted by molar-refractivity contribution is 0.217. The lowest BCUT2D eigenvalue weighted by Gasteiger charge is -2.12. The van der Waals surface area contributed by atoms with Crippen molar-refractivity contribution in [3.63, 3.8) is 0 Å². The monoisotopic (exact) mass is 222 g/mol. The fourth-order valence-electron chi connectivity index (χ4n) is 1.14. The Morgan fingerprint density at radius 1 is 1.38 bits per heavy atom. The van der Waals surface area contributed by atoms with Crippen molar-refractivity contribution >= 4 is 6.03 Å². The first-order valence-corrected chi connectivity index (χ1v) is 5.26. The molecule has 1 rings (SSSR count). The van der Waals surface area contributed by atoms with Crippen molar-refractivity contribution in [2.75, 3.05) is 27.2 Å². The minimum absolute atomic E-state index is 0.0698.